The van der Waals surface area contributed by atoms with E-state index < -0.39 is 45.9 Å². The maximum absolute atomic E-state index is 13.5. The van der Waals surface area contributed by atoms with E-state index in [1.807, 2.05) is 44.2 Å². The third-order valence-electron chi connectivity index (χ3n) is 11.8. The van der Waals surface area contributed by atoms with Crippen LogP contribution in [-0.2, 0) is 16.1 Å². The SMILES string of the molecule is CC(C)(O)CC[C@@H](OCc1ccccc1)[C@@](C)(O)C1CC[C@@]2(O)C3=CC(=O)[C@@H]4C[C@@H](O)[C@@H](O)C[C@]4(C)C3CC[C@]12C. The van der Waals surface area contributed by atoms with Gasteiger partial charge in [-0.2, -0.15) is 0 Å². The van der Waals surface area contributed by atoms with Crippen LogP contribution in [-0.4, -0.2) is 66.4 Å². The molecule has 0 aliphatic heterocycles. The zero-order valence-electron chi connectivity index (χ0n) is 25.3. The average Bonchev–Trinajstić information content (AvgIpc) is 3.17. The molecule has 7 nitrogen and oxygen atoms in total. The second kappa shape index (κ2) is 10.5. The fourth-order valence-electron chi connectivity index (χ4n) is 9.33. The highest BCUT2D eigenvalue weighted by atomic mass is 16.5. The minimum Gasteiger partial charge on any atom is -0.390 e. The first-order chi connectivity index (χ1) is 19.0. The van der Waals surface area contributed by atoms with Gasteiger partial charge in [0, 0.05) is 11.3 Å². The highest BCUT2D eigenvalue weighted by molar-refractivity contribution is 5.95. The lowest BCUT2D eigenvalue weighted by molar-refractivity contribution is -0.189. The van der Waals surface area contributed by atoms with Gasteiger partial charge in [-0.25, -0.2) is 0 Å². The topological polar surface area (TPSA) is 127 Å². The Balaban J connectivity index is 1.46. The Kier molecular flexibility index (Phi) is 7.92. The molecule has 0 amide bonds. The van der Waals surface area contributed by atoms with E-state index in [-0.39, 0.29) is 30.0 Å². The van der Waals surface area contributed by atoms with Crippen molar-refractivity contribution in [3.05, 3.63) is 47.5 Å². The van der Waals surface area contributed by atoms with Crippen molar-refractivity contribution in [1.29, 1.82) is 0 Å². The summed E-state index contributed by atoms with van der Waals surface area (Å²) in [5.74, 6) is -0.828. The van der Waals surface area contributed by atoms with Crippen molar-refractivity contribution < 1.29 is 35.1 Å². The average molecular weight is 571 g/mol. The van der Waals surface area contributed by atoms with Gasteiger partial charge in [0.1, 0.15) is 0 Å². The number of ether oxygens (including phenoxy) is 1. The van der Waals surface area contributed by atoms with Gasteiger partial charge in [0.15, 0.2) is 5.78 Å². The third kappa shape index (κ3) is 5.15. The van der Waals surface area contributed by atoms with Gasteiger partial charge in [-0.1, -0.05) is 44.2 Å². The second-order valence-electron chi connectivity index (χ2n) is 15.0. The molecule has 228 valence electrons. The van der Waals surface area contributed by atoms with Gasteiger partial charge >= 0.3 is 0 Å². The van der Waals surface area contributed by atoms with Crippen LogP contribution >= 0.6 is 0 Å². The lowest BCUT2D eigenvalue weighted by Crippen LogP contribution is -2.63. The molecule has 0 aromatic heterocycles. The lowest BCUT2D eigenvalue weighted by Gasteiger charge is -2.60. The Morgan fingerprint density at radius 1 is 1.00 bits per heavy atom. The van der Waals surface area contributed by atoms with Gasteiger partial charge in [0.05, 0.1) is 41.7 Å². The van der Waals surface area contributed by atoms with Crippen molar-refractivity contribution in [2.75, 3.05) is 0 Å². The van der Waals surface area contributed by atoms with Crippen LogP contribution in [0.4, 0.5) is 0 Å². The van der Waals surface area contributed by atoms with E-state index in [0.717, 1.165) is 17.6 Å². The summed E-state index contributed by atoms with van der Waals surface area (Å²) in [4.78, 5) is 13.5. The quantitative estimate of drug-likeness (QED) is 0.319. The van der Waals surface area contributed by atoms with E-state index in [1.165, 1.54) is 0 Å². The number of hydrogen-bond donors (Lipinski definition) is 5. The Labute approximate surface area is 244 Å². The largest absolute Gasteiger partial charge is 0.390 e. The molecule has 5 N–H and O–H groups in total. The van der Waals surface area contributed by atoms with Crippen LogP contribution in [0, 0.1) is 28.6 Å². The van der Waals surface area contributed by atoms with Crippen molar-refractivity contribution in [3.63, 3.8) is 0 Å². The van der Waals surface area contributed by atoms with Crippen LogP contribution in [0.5, 0.6) is 0 Å². The first kappa shape index (κ1) is 30.8. The van der Waals surface area contributed by atoms with Gasteiger partial charge in [0.2, 0.25) is 0 Å². The maximum Gasteiger partial charge on any atom is 0.159 e. The molecule has 3 fully saturated rings. The molecule has 3 saturated carbocycles. The molecule has 7 heteroatoms. The minimum atomic E-state index is -1.30. The lowest BCUT2D eigenvalue weighted by atomic mass is 9.45. The Morgan fingerprint density at radius 2 is 1.68 bits per heavy atom. The molecular formula is C34H50O7. The van der Waals surface area contributed by atoms with Crippen molar-refractivity contribution in [2.45, 2.75) is 128 Å². The predicted molar refractivity (Wildman–Crippen MR) is 156 cm³/mol. The fourth-order valence-corrected chi connectivity index (χ4v) is 9.33. The first-order valence-electron chi connectivity index (χ1n) is 15.5. The first-order valence-corrected chi connectivity index (χ1v) is 15.5. The standard InChI is InChI=1S/C34H50O7/c1-30(2,38)14-13-29(41-20-21-9-7-6-8-10-21)33(5,39)28-12-16-34(40)23-17-25(35)24-18-26(36)27(37)19-31(24,3)22(23)11-15-32(28,34)4/h6-10,17,22,24,26-29,36-40H,11-16,18-20H2,1-5H3/t22?,24-,26+,27-,28?,29+,31+,32+,33-,34+/m0/s1. The predicted octanol–water partition coefficient (Wildman–Crippen LogP) is 4.08. The summed E-state index contributed by atoms with van der Waals surface area (Å²) in [6, 6.07) is 9.83. The number of carbonyl (C=O) groups excluding carboxylic acids is 1. The molecule has 5 rings (SSSR count). The Bertz CT molecular complexity index is 1160. The summed E-state index contributed by atoms with van der Waals surface area (Å²) < 4.78 is 6.43. The number of aliphatic hydroxyl groups is 5. The van der Waals surface area contributed by atoms with Crippen LogP contribution in [0.15, 0.2) is 42.0 Å². The highest BCUT2D eigenvalue weighted by Crippen LogP contribution is 2.68. The van der Waals surface area contributed by atoms with Gasteiger partial charge in [-0.05, 0) is 107 Å². The van der Waals surface area contributed by atoms with E-state index >= 15 is 0 Å². The normalized spacial score (nSPS) is 41.1. The molecule has 0 radical (unpaired) electrons. The van der Waals surface area contributed by atoms with Crippen molar-refractivity contribution >= 4 is 5.78 Å². The van der Waals surface area contributed by atoms with Gasteiger partial charge in [0.25, 0.3) is 0 Å². The van der Waals surface area contributed by atoms with Crippen LogP contribution in [0.3, 0.4) is 0 Å². The molecule has 41 heavy (non-hydrogen) atoms. The number of hydrogen-bond acceptors (Lipinski definition) is 7. The number of carbonyl (C=O) groups is 1. The summed E-state index contributed by atoms with van der Waals surface area (Å²) in [5.41, 5.74) is -2.97. The molecule has 0 bridgehead atoms. The highest BCUT2D eigenvalue weighted by Gasteiger charge is 2.69. The van der Waals surface area contributed by atoms with Crippen LogP contribution in [0.25, 0.3) is 0 Å². The summed E-state index contributed by atoms with van der Waals surface area (Å²) in [5, 5.41) is 56.4. The zero-order chi connectivity index (χ0) is 30.0. The molecule has 10 atom stereocenters. The van der Waals surface area contributed by atoms with E-state index in [4.69, 9.17) is 4.74 Å². The molecule has 4 aliphatic carbocycles. The van der Waals surface area contributed by atoms with Gasteiger partial charge in [-0.3, -0.25) is 4.79 Å². The van der Waals surface area contributed by atoms with E-state index in [1.54, 1.807) is 19.9 Å². The summed E-state index contributed by atoms with van der Waals surface area (Å²) in [7, 11) is 0. The van der Waals surface area contributed by atoms with Crippen molar-refractivity contribution in [1.82, 2.24) is 0 Å². The van der Waals surface area contributed by atoms with E-state index in [0.29, 0.717) is 45.1 Å². The summed E-state index contributed by atoms with van der Waals surface area (Å²) in [6.45, 7) is 9.76. The number of allylic oxidation sites excluding steroid dienone is 1. The van der Waals surface area contributed by atoms with Gasteiger partial charge in [-0.15, -0.1) is 0 Å². The monoisotopic (exact) mass is 570 g/mol. The number of benzene rings is 1. The van der Waals surface area contributed by atoms with Crippen molar-refractivity contribution in [3.8, 4) is 0 Å². The molecule has 0 heterocycles. The fraction of sp³-hybridized carbons (Fsp3) is 0.735. The Hall–Kier alpha value is -1.61. The number of rotatable bonds is 8. The summed E-state index contributed by atoms with van der Waals surface area (Å²) >= 11 is 0. The van der Waals surface area contributed by atoms with E-state index in [9.17, 15) is 30.3 Å². The molecule has 1 aromatic rings. The summed E-state index contributed by atoms with van der Waals surface area (Å²) in [6.07, 6.45) is 3.16. The van der Waals surface area contributed by atoms with Crippen molar-refractivity contribution in [2.24, 2.45) is 28.6 Å². The molecule has 4 aliphatic rings. The molecule has 0 spiro atoms. The molecule has 2 unspecified atom stereocenters. The molecule has 1 aromatic carbocycles. The number of fused-ring (bicyclic) bond motifs is 5. The van der Waals surface area contributed by atoms with E-state index in [2.05, 4.69) is 6.92 Å². The zero-order valence-corrected chi connectivity index (χ0v) is 25.3. The Morgan fingerprint density at radius 3 is 2.34 bits per heavy atom. The molecule has 0 saturated heterocycles. The van der Waals surface area contributed by atoms with Gasteiger partial charge < -0.3 is 30.3 Å². The number of ketones is 1. The van der Waals surface area contributed by atoms with Crippen LogP contribution in [0.1, 0.15) is 91.5 Å². The van der Waals surface area contributed by atoms with Crippen LogP contribution in [0.2, 0.25) is 0 Å². The maximum atomic E-state index is 13.5. The third-order valence-corrected chi connectivity index (χ3v) is 11.8. The molecular weight excluding hydrogens is 520 g/mol. The smallest absolute Gasteiger partial charge is 0.159 e. The van der Waals surface area contributed by atoms with Crippen LogP contribution < -0.4 is 0 Å². The number of aliphatic hydroxyl groups excluding tert-OH is 2. The minimum absolute atomic E-state index is 0.0746. The second-order valence-corrected chi connectivity index (χ2v) is 15.0.